The largest absolute Gasteiger partial charge is 0.508 e. The lowest BCUT2D eigenvalue weighted by Gasteiger charge is -2.26. The number of hydrogen-bond acceptors (Lipinski definition) is 3. The van der Waals surface area contributed by atoms with Crippen LogP contribution < -0.4 is 5.32 Å². The van der Waals surface area contributed by atoms with Crippen molar-refractivity contribution in [1.82, 2.24) is 5.32 Å². The molecule has 1 fully saturated rings. The third kappa shape index (κ3) is 3.24. The van der Waals surface area contributed by atoms with Crippen molar-refractivity contribution < 1.29 is 9.90 Å². The van der Waals surface area contributed by atoms with Gasteiger partial charge in [-0.15, -0.1) is 0 Å². The van der Waals surface area contributed by atoms with Crippen LogP contribution in [0, 0.1) is 6.92 Å². The zero-order valence-corrected chi connectivity index (χ0v) is 12.3. The van der Waals surface area contributed by atoms with Crippen LogP contribution in [0.1, 0.15) is 41.6 Å². The van der Waals surface area contributed by atoms with E-state index >= 15 is 0 Å². The van der Waals surface area contributed by atoms with Gasteiger partial charge >= 0.3 is 0 Å². The molecule has 2 rings (SSSR count). The van der Waals surface area contributed by atoms with Crippen LogP contribution in [0.25, 0.3) is 0 Å². The number of aryl methyl sites for hydroxylation is 1. The second-order valence-corrected chi connectivity index (χ2v) is 6.55. The molecule has 19 heavy (non-hydrogen) atoms. The Hall–Kier alpha value is -1.16. The molecular weight excluding hydrogens is 258 g/mol. The van der Waals surface area contributed by atoms with Gasteiger partial charge in [-0.2, -0.15) is 11.8 Å². The quantitative estimate of drug-likeness (QED) is 0.890. The van der Waals surface area contributed by atoms with E-state index in [4.69, 9.17) is 0 Å². The van der Waals surface area contributed by atoms with E-state index < -0.39 is 0 Å². The van der Waals surface area contributed by atoms with E-state index in [2.05, 4.69) is 11.6 Å². The molecular formula is C15H21NO2S. The molecule has 1 aromatic rings. The maximum Gasteiger partial charge on any atom is 0.251 e. The summed E-state index contributed by atoms with van der Waals surface area (Å²) < 4.78 is 0.211. The Labute approximate surface area is 118 Å². The Bertz CT molecular complexity index is 467. The fourth-order valence-corrected chi connectivity index (χ4v) is 3.48. The SMILES string of the molecule is CSC1(CNC(=O)c2ccc(C)c(O)c2)CCCC1. The van der Waals surface area contributed by atoms with Crippen LogP contribution >= 0.6 is 11.8 Å². The number of phenols is 1. The molecule has 0 heterocycles. The molecule has 0 atom stereocenters. The smallest absolute Gasteiger partial charge is 0.251 e. The predicted molar refractivity (Wildman–Crippen MR) is 79.9 cm³/mol. The average molecular weight is 279 g/mol. The van der Waals surface area contributed by atoms with Crippen LogP contribution in [0.15, 0.2) is 18.2 Å². The highest BCUT2D eigenvalue weighted by molar-refractivity contribution is 8.00. The number of thioether (sulfide) groups is 1. The Morgan fingerprint density at radius 1 is 1.42 bits per heavy atom. The second kappa shape index (κ2) is 5.87. The first kappa shape index (κ1) is 14.3. The van der Waals surface area contributed by atoms with Crippen LogP contribution in [0.2, 0.25) is 0 Å². The molecule has 4 heteroatoms. The molecule has 1 amide bonds. The van der Waals surface area contributed by atoms with Crippen molar-refractivity contribution in [2.75, 3.05) is 12.8 Å². The van der Waals surface area contributed by atoms with Crippen molar-refractivity contribution in [3.63, 3.8) is 0 Å². The van der Waals surface area contributed by atoms with E-state index in [1.807, 2.05) is 18.7 Å². The van der Waals surface area contributed by atoms with Gasteiger partial charge < -0.3 is 10.4 Å². The average Bonchev–Trinajstić information content (AvgIpc) is 2.89. The summed E-state index contributed by atoms with van der Waals surface area (Å²) in [6, 6.07) is 5.06. The number of hydrogen-bond donors (Lipinski definition) is 2. The van der Waals surface area contributed by atoms with Crippen molar-refractivity contribution >= 4 is 17.7 Å². The van der Waals surface area contributed by atoms with Gasteiger partial charge in [-0.25, -0.2) is 0 Å². The summed E-state index contributed by atoms with van der Waals surface area (Å²) in [4.78, 5) is 12.1. The Morgan fingerprint density at radius 3 is 2.68 bits per heavy atom. The number of carbonyl (C=O) groups excluding carboxylic acids is 1. The van der Waals surface area contributed by atoms with Crippen molar-refractivity contribution in [2.24, 2.45) is 0 Å². The predicted octanol–water partition coefficient (Wildman–Crippen LogP) is 3.11. The number of phenolic OH excluding ortho intramolecular Hbond substituents is 1. The van der Waals surface area contributed by atoms with E-state index in [1.165, 1.54) is 31.7 Å². The van der Waals surface area contributed by atoms with Gasteiger partial charge in [0.05, 0.1) is 0 Å². The van der Waals surface area contributed by atoms with E-state index in [-0.39, 0.29) is 16.4 Å². The number of nitrogens with one attached hydrogen (secondary N) is 1. The highest BCUT2D eigenvalue weighted by Gasteiger charge is 2.33. The van der Waals surface area contributed by atoms with Gasteiger partial charge in [-0.1, -0.05) is 18.9 Å². The maximum atomic E-state index is 12.1. The van der Waals surface area contributed by atoms with Crippen LogP contribution in [-0.4, -0.2) is 28.6 Å². The molecule has 1 aromatic carbocycles. The summed E-state index contributed by atoms with van der Waals surface area (Å²) in [6.07, 6.45) is 6.97. The molecule has 0 spiro atoms. The molecule has 0 radical (unpaired) electrons. The summed E-state index contributed by atoms with van der Waals surface area (Å²) in [5, 5.41) is 12.6. The van der Waals surface area contributed by atoms with Crippen molar-refractivity contribution in [3.8, 4) is 5.75 Å². The minimum Gasteiger partial charge on any atom is -0.508 e. The van der Waals surface area contributed by atoms with E-state index in [0.29, 0.717) is 12.1 Å². The van der Waals surface area contributed by atoms with Gasteiger partial charge in [0.15, 0.2) is 0 Å². The molecule has 0 bridgehead atoms. The summed E-state index contributed by atoms with van der Waals surface area (Å²) in [6.45, 7) is 2.53. The fourth-order valence-electron chi connectivity index (χ4n) is 2.57. The number of benzene rings is 1. The van der Waals surface area contributed by atoms with Crippen LogP contribution in [0.5, 0.6) is 5.75 Å². The van der Waals surface area contributed by atoms with Crippen LogP contribution in [-0.2, 0) is 0 Å². The lowest BCUT2D eigenvalue weighted by atomic mass is 10.1. The van der Waals surface area contributed by atoms with Gasteiger partial charge in [-0.05, 0) is 43.7 Å². The van der Waals surface area contributed by atoms with E-state index in [1.54, 1.807) is 12.1 Å². The zero-order chi connectivity index (χ0) is 13.9. The minimum atomic E-state index is -0.101. The van der Waals surface area contributed by atoms with Crippen LogP contribution in [0.3, 0.4) is 0 Å². The molecule has 0 aliphatic heterocycles. The second-order valence-electron chi connectivity index (χ2n) is 5.28. The van der Waals surface area contributed by atoms with E-state index in [9.17, 15) is 9.90 Å². The topological polar surface area (TPSA) is 49.3 Å². The Kier molecular flexibility index (Phi) is 4.40. The first-order chi connectivity index (χ1) is 9.06. The van der Waals surface area contributed by atoms with E-state index in [0.717, 1.165) is 5.56 Å². The molecule has 1 aliphatic carbocycles. The Morgan fingerprint density at radius 2 is 2.11 bits per heavy atom. The molecule has 1 aliphatic rings. The summed E-state index contributed by atoms with van der Waals surface area (Å²) >= 11 is 1.86. The highest BCUT2D eigenvalue weighted by Crippen LogP contribution is 2.39. The van der Waals surface area contributed by atoms with Crippen molar-refractivity contribution in [3.05, 3.63) is 29.3 Å². The van der Waals surface area contributed by atoms with Crippen molar-refractivity contribution in [2.45, 2.75) is 37.4 Å². The first-order valence-corrected chi connectivity index (χ1v) is 7.92. The van der Waals surface area contributed by atoms with Crippen LogP contribution in [0.4, 0.5) is 0 Å². The monoisotopic (exact) mass is 279 g/mol. The van der Waals surface area contributed by atoms with Crippen molar-refractivity contribution in [1.29, 1.82) is 0 Å². The molecule has 0 aromatic heterocycles. The number of amides is 1. The highest BCUT2D eigenvalue weighted by atomic mass is 32.2. The summed E-state index contributed by atoms with van der Waals surface area (Å²) in [5.41, 5.74) is 1.31. The van der Waals surface area contributed by atoms with Gasteiger partial charge in [0, 0.05) is 16.9 Å². The zero-order valence-electron chi connectivity index (χ0n) is 11.5. The van der Waals surface area contributed by atoms with Gasteiger partial charge in [0.2, 0.25) is 0 Å². The minimum absolute atomic E-state index is 0.101. The summed E-state index contributed by atoms with van der Waals surface area (Å²) in [5.74, 6) is 0.0729. The third-order valence-electron chi connectivity index (χ3n) is 3.99. The lowest BCUT2D eigenvalue weighted by Crippen LogP contribution is -2.38. The molecule has 3 nitrogen and oxygen atoms in total. The molecule has 0 saturated heterocycles. The number of rotatable bonds is 4. The van der Waals surface area contributed by atoms with Gasteiger partial charge in [0.1, 0.15) is 5.75 Å². The maximum absolute atomic E-state index is 12.1. The fraction of sp³-hybridized carbons (Fsp3) is 0.533. The Balaban J connectivity index is 1.99. The standard InChI is InChI=1S/C15H21NO2S/c1-11-5-6-12(9-13(11)17)14(18)16-10-15(19-2)7-3-4-8-15/h5-6,9,17H,3-4,7-8,10H2,1-2H3,(H,16,18). The lowest BCUT2D eigenvalue weighted by molar-refractivity contribution is 0.0949. The molecule has 2 N–H and O–H groups in total. The number of aromatic hydroxyl groups is 1. The van der Waals surface area contributed by atoms with Gasteiger partial charge in [-0.3, -0.25) is 4.79 Å². The number of carbonyl (C=O) groups is 1. The summed E-state index contributed by atoms with van der Waals surface area (Å²) in [7, 11) is 0. The molecule has 1 saturated carbocycles. The molecule has 0 unspecified atom stereocenters. The first-order valence-electron chi connectivity index (χ1n) is 6.69. The van der Waals surface area contributed by atoms with Gasteiger partial charge in [0.25, 0.3) is 5.91 Å². The molecule has 104 valence electrons. The normalized spacial score (nSPS) is 17.4. The third-order valence-corrected chi connectivity index (χ3v) is 5.41.